The highest BCUT2D eigenvalue weighted by Gasteiger charge is 2.31. The summed E-state index contributed by atoms with van der Waals surface area (Å²) in [7, 11) is -4.23. The topological polar surface area (TPSA) is 101 Å². The van der Waals surface area contributed by atoms with Crippen molar-refractivity contribution in [1.29, 1.82) is 0 Å². The smallest absolute Gasteiger partial charge is 0.321 e. The van der Waals surface area contributed by atoms with Crippen LogP contribution in [0.1, 0.15) is 21.6 Å². The summed E-state index contributed by atoms with van der Waals surface area (Å²) >= 11 is 0. The normalized spacial score (nSPS) is 11.7. The lowest BCUT2D eigenvalue weighted by Gasteiger charge is -2.14. The van der Waals surface area contributed by atoms with E-state index in [-0.39, 0.29) is 22.0 Å². The molecule has 3 aromatic rings. The van der Waals surface area contributed by atoms with Crippen molar-refractivity contribution < 1.29 is 26.4 Å². The molecule has 0 saturated carbocycles. The summed E-state index contributed by atoms with van der Waals surface area (Å²) in [5, 5.41) is 2.51. The number of benzene rings is 2. The fraction of sp³-hybridized carbons (Fsp3) is 0.105. The van der Waals surface area contributed by atoms with Crippen molar-refractivity contribution >= 4 is 27.3 Å². The standard InChI is InChI=1S/C19H15F3N4O3S/c1-12-5-6-14(25-18(27)16-11-23-7-8-24-16)10-17(12)30(28,29)26-15-4-2-3-13(9-15)19(20,21)22/h2-11,26H,1H3,(H,25,27). The number of aryl methyl sites for hydroxylation is 1. The highest BCUT2D eigenvalue weighted by molar-refractivity contribution is 7.92. The van der Waals surface area contributed by atoms with E-state index >= 15 is 0 Å². The number of hydrogen-bond acceptors (Lipinski definition) is 5. The van der Waals surface area contributed by atoms with Gasteiger partial charge in [0.1, 0.15) is 5.69 Å². The molecule has 2 aromatic carbocycles. The SMILES string of the molecule is Cc1ccc(NC(=O)c2cnccn2)cc1S(=O)(=O)Nc1cccc(C(F)(F)F)c1. The number of amides is 1. The van der Waals surface area contributed by atoms with Gasteiger partial charge >= 0.3 is 6.18 Å². The van der Waals surface area contributed by atoms with Crippen LogP contribution in [0.4, 0.5) is 24.5 Å². The quantitative estimate of drug-likeness (QED) is 0.633. The maximum Gasteiger partial charge on any atom is 0.416 e. The summed E-state index contributed by atoms with van der Waals surface area (Å²) in [6.45, 7) is 1.52. The number of rotatable bonds is 5. The molecule has 0 unspecified atom stereocenters. The fourth-order valence-corrected chi connectivity index (χ4v) is 3.87. The van der Waals surface area contributed by atoms with Crippen molar-refractivity contribution in [2.24, 2.45) is 0 Å². The number of carbonyl (C=O) groups excluding carboxylic acids is 1. The summed E-state index contributed by atoms with van der Waals surface area (Å²) in [4.78, 5) is 19.6. The van der Waals surface area contributed by atoms with Crippen LogP contribution >= 0.6 is 0 Å². The predicted molar refractivity (Wildman–Crippen MR) is 103 cm³/mol. The molecule has 1 amide bonds. The number of anilines is 2. The number of carbonyl (C=O) groups is 1. The third kappa shape index (κ3) is 4.92. The van der Waals surface area contributed by atoms with Crippen LogP contribution < -0.4 is 10.0 Å². The molecule has 1 heterocycles. The van der Waals surface area contributed by atoms with Gasteiger partial charge in [-0.15, -0.1) is 0 Å². The lowest BCUT2D eigenvalue weighted by atomic mass is 10.2. The maximum atomic E-state index is 12.9. The van der Waals surface area contributed by atoms with Crippen LogP contribution in [0.3, 0.4) is 0 Å². The molecular formula is C19H15F3N4O3S. The molecule has 0 saturated heterocycles. The van der Waals surface area contributed by atoms with Gasteiger partial charge in [0.25, 0.3) is 15.9 Å². The number of nitrogens with zero attached hydrogens (tertiary/aromatic N) is 2. The molecule has 11 heteroatoms. The van der Waals surface area contributed by atoms with E-state index in [2.05, 4.69) is 20.0 Å². The highest BCUT2D eigenvalue weighted by Crippen LogP contribution is 2.31. The van der Waals surface area contributed by atoms with Gasteiger partial charge in [0.15, 0.2) is 0 Å². The predicted octanol–water partition coefficient (Wildman–Crippen LogP) is 3.86. The monoisotopic (exact) mass is 436 g/mol. The van der Waals surface area contributed by atoms with Crippen molar-refractivity contribution in [3.05, 3.63) is 77.9 Å². The minimum absolute atomic E-state index is 0.0320. The van der Waals surface area contributed by atoms with Crippen LogP contribution in [0.15, 0.2) is 66.0 Å². The van der Waals surface area contributed by atoms with E-state index in [1.807, 2.05) is 0 Å². The molecule has 0 aliphatic carbocycles. The largest absolute Gasteiger partial charge is 0.416 e. The van der Waals surface area contributed by atoms with Crippen molar-refractivity contribution in [2.75, 3.05) is 10.0 Å². The first-order valence-corrected chi connectivity index (χ1v) is 9.93. The Hall–Kier alpha value is -3.47. The van der Waals surface area contributed by atoms with E-state index < -0.39 is 27.7 Å². The molecule has 1 aromatic heterocycles. The zero-order chi connectivity index (χ0) is 21.9. The Bertz CT molecular complexity index is 1180. The van der Waals surface area contributed by atoms with Gasteiger partial charge in [-0.25, -0.2) is 13.4 Å². The third-order valence-electron chi connectivity index (χ3n) is 3.97. The number of nitrogens with one attached hydrogen (secondary N) is 2. The molecule has 30 heavy (non-hydrogen) atoms. The van der Waals surface area contributed by atoms with Gasteiger partial charge in [0.05, 0.1) is 16.7 Å². The van der Waals surface area contributed by atoms with Crippen molar-refractivity contribution in [1.82, 2.24) is 9.97 Å². The number of sulfonamides is 1. The Morgan fingerprint density at radius 3 is 2.47 bits per heavy atom. The first-order chi connectivity index (χ1) is 14.1. The summed E-state index contributed by atoms with van der Waals surface area (Å²) < 4.78 is 66.3. The Balaban J connectivity index is 1.87. The van der Waals surface area contributed by atoms with Gasteiger partial charge in [-0.3, -0.25) is 14.5 Å². The fourth-order valence-electron chi connectivity index (χ4n) is 2.55. The van der Waals surface area contributed by atoms with Crippen molar-refractivity contribution in [3.63, 3.8) is 0 Å². The average molecular weight is 436 g/mol. The minimum Gasteiger partial charge on any atom is -0.321 e. The van der Waals surface area contributed by atoms with Gasteiger partial charge in [-0.2, -0.15) is 13.2 Å². The van der Waals surface area contributed by atoms with Crippen LogP contribution in [0.5, 0.6) is 0 Å². The molecule has 0 spiro atoms. The van der Waals surface area contributed by atoms with Gasteiger partial charge in [0, 0.05) is 23.8 Å². The van der Waals surface area contributed by atoms with Gasteiger partial charge in [0.2, 0.25) is 0 Å². The number of hydrogen-bond donors (Lipinski definition) is 2. The van der Waals surface area contributed by atoms with E-state index in [0.717, 1.165) is 12.1 Å². The van der Waals surface area contributed by atoms with Crippen LogP contribution in [0, 0.1) is 6.92 Å². The maximum absolute atomic E-state index is 12.9. The van der Waals surface area contributed by atoms with Crippen LogP contribution in [0.2, 0.25) is 0 Å². The first kappa shape index (κ1) is 21.2. The van der Waals surface area contributed by atoms with Gasteiger partial charge < -0.3 is 5.32 Å². The van der Waals surface area contributed by atoms with Crippen molar-refractivity contribution in [3.8, 4) is 0 Å². The average Bonchev–Trinajstić information content (AvgIpc) is 2.69. The Labute approximate surface area is 170 Å². The number of aromatic nitrogens is 2. The third-order valence-corrected chi connectivity index (χ3v) is 5.50. The molecule has 0 bridgehead atoms. The number of halogens is 3. The summed E-state index contributed by atoms with van der Waals surface area (Å²) in [5.74, 6) is -0.596. The van der Waals surface area contributed by atoms with E-state index in [0.29, 0.717) is 11.6 Å². The Kier molecular flexibility index (Phi) is 5.74. The van der Waals surface area contributed by atoms with E-state index in [4.69, 9.17) is 0 Å². The molecule has 0 atom stereocenters. The second kappa shape index (κ2) is 8.11. The van der Waals surface area contributed by atoms with Crippen LogP contribution in [-0.2, 0) is 16.2 Å². The summed E-state index contributed by atoms with van der Waals surface area (Å²) in [6, 6.07) is 8.02. The van der Waals surface area contributed by atoms with Gasteiger partial charge in [-0.1, -0.05) is 12.1 Å². The first-order valence-electron chi connectivity index (χ1n) is 8.44. The molecule has 0 aliphatic rings. The second-order valence-electron chi connectivity index (χ2n) is 6.21. The molecule has 0 fully saturated rings. The molecule has 0 radical (unpaired) electrons. The lowest BCUT2D eigenvalue weighted by molar-refractivity contribution is -0.137. The summed E-state index contributed by atoms with van der Waals surface area (Å²) in [5.41, 5.74) is -0.681. The molecule has 7 nitrogen and oxygen atoms in total. The Morgan fingerprint density at radius 1 is 1.03 bits per heavy atom. The second-order valence-corrected chi connectivity index (χ2v) is 7.86. The minimum atomic E-state index is -4.61. The number of alkyl halides is 3. The van der Waals surface area contributed by atoms with E-state index in [1.54, 1.807) is 0 Å². The van der Waals surface area contributed by atoms with Crippen LogP contribution in [-0.4, -0.2) is 24.3 Å². The molecule has 0 aliphatic heterocycles. The summed E-state index contributed by atoms with van der Waals surface area (Å²) in [6.07, 6.45) is -0.635. The zero-order valence-corrected chi connectivity index (χ0v) is 16.3. The van der Waals surface area contributed by atoms with Crippen LogP contribution in [0.25, 0.3) is 0 Å². The van der Waals surface area contributed by atoms with Crippen molar-refractivity contribution in [2.45, 2.75) is 18.0 Å². The van der Waals surface area contributed by atoms with E-state index in [9.17, 15) is 26.4 Å². The molecule has 2 N–H and O–H groups in total. The Morgan fingerprint density at radius 2 is 1.80 bits per heavy atom. The molecular weight excluding hydrogens is 421 g/mol. The lowest BCUT2D eigenvalue weighted by Crippen LogP contribution is -2.17. The zero-order valence-electron chi connectivity index (χ0n) is 15.4. The van der Waals surface area contributed by atoms with E-state index in [1.165, 1.54) is 49.8 Å². The molecule has 156 valence electrons. The highest BCUT2D eigenvalue weighted by atomic mass is 32.2. The molecule has 3 rings (SSSR count). The van der Waals surface area contributed by atoms with Gasteiger partial charge in [-0.05, 0) is 42.8 Å².